The van der Waals surface area contributed by atoms with E-state index in [-0.39, 0.29) is 17.7 Å². The van der Waals surface area contributed by atoms with Crippen molar-refractivity contribution >= 4 is 23.2 Å². The lowest BCUT2D eigenvalue weighted by atomic mass is 10.0. The fourth-order valence-electron chi connectivity index (χ4n) is 3.62. The lowest BCUT2D eigenvalue weighted by Crippen LogP contribution is -2.52. The molecule has 0 bridgehead atoms. The summed E-state index contributed by atoms with van der Waals surface area (Å²) in [6.45, 7) is 8.19. The predicted octanol–water partition coefficient (Wildman–Crippen LogP) is 3.34. The van der Waals surface area contributed by atoms with Crippen molar-refractivity contribution in [1.82, 2.24) is 15.1 Å². The average molecular weight is 414 g/mol. The molecular weight excluding hydrogens is 382 g/mol. The van der Waals surface area contributed by atoms with Crippen molar-refractivity contribution in [1.29, 1.82) is 0 Å². The molecule has 1 fully saturated rings. The SMILES string of the molecule is CC(C)CC(=O)NC(C(=O)N1CCN(CCc2cccs2)CC1)c1ccccc1. The third kappa shape index (κ3) is 6.41. The summed E-state index contributed by atoms with van der Waals surface area (Å²) in [5.74, 6) is 0.177. The van der Waals surface area contributed by atoms with Gasteiger partial charge in [-0.05, 0) is 29.3 Å². The van der Waals surface area contributed by atoms with Gasteiger partial charge in [-0.3, -0.25) is 14.5 Å². The van der Waals surface area contributed by atoms with Crippen LogP contribution >= 0.6 is 11.3 Å². The molecule has 0 radical (unpaired) electrons. The molecule has 156 valence electrons. The van der Waals surface area contributed by atoms with Gasteiger partial charge in [-0.25, -0.2) is 0 Å². The largest absolute Gasteiger partial charge is 0.341 e. The maximum atomic E-state index is 13.3. The molecule has 5 nitrogen and oxygen atoms in total. The summed E-state index contributed by atoms with van der Waals surface area (Å²) in [6.07, 6.45) is 1.48. The van der Waals surface area contributed by atoms with Gasteiger partial charge in [0.05, 0.1) is 0 Å². The molecule has 1 N–H and O–H groups in total. The molecule has 1 aromatic heterocycles. The van der Waals surface area contributed by atoms with Crippen LogP contribution in [0.1, 0.15) is 36.8 Å². The van der Waals surface area contributed by atoms with E-state index in [1.165, 1.54) is 4.88 Å². The number of benzene rings is 1. The highest BCUT2D eigenvalue weighted by Crippen LogP contribution is 2.18. The molecule has 2 heterocycles. The van der Waals surface area contributed by atoms with Gasteiger partial charge < -0.3 is 10.2 Å². The second kappa shape index (κ2) is 10.6. The van der Waals surface area contributed by atoms with E-state index in [0.29, 0.717) is 19.5 Å². The highest BCUT2D eigenvalue weighted by Gasteiger charge is 2.29. The van der Waals surface area contributed by atoms with Crippen molar-refractivity contribution < 1.29 is 9.59 Å². The molecule has 29 heavy (non-hydrogen) atoms. The van der Waals surface area contributed by atoms with Crippen molar-refractivity contribution in [3.05, 3.63) is 58.3 Å². The van der Waals surface area contributed by atoms with Crippen LogP contribution in [0, 0.1) is 5.92 Å². The summed E-state index contributed by atoms with van der Waals surface area (Å²) in [5.41, 5.74) is 0.842. The summed E-state index contributed by atoms with van der Waals surface area (Å²) >= 11 is 1.80. The Balaban J connectivity index is 1.58. The number of carbonyl (C=O) groups excluding carboxylic acids is 2. The van der Waals surface area contributed by atoms with E-state index in [0.717, 1.165) is 31.6 Å². The second-order valence-electron chi connectivity index (χ2n) is 8.01. The van der Waals surface area contributed by atoms with E-state index in [1.807, 2.05) is 49.1 Å². The minimum Gasteiger partial charge on any atom is -0.341 e. The molecule has 1 unspecified atom stereocenters. The van der Waals surface area contributed by atoms with Crippen LogP contribution in [0.3, 0.4) is 0 Å². The van der Waals surface area contributed by atoms with Gasteiger partial charge in [0.2, 0.25) is 11.8 Å². The Bertz CT molecular complexity index is 769. The standard InChI is InChI=1S/C23H31N3O2S/c1-18(2)17-21(27)24-22(19-7-4-3-5-8-19)23(28)26-14-12-25(13-15-26)11-10-20-9-6-16-29-20/h3-9,16,18,22H,10-15,17H2,1-2H3,(H,24,27). The van der Waals surface area contributed by atoms with E-state index in [9.17, 15) is 9.59 Å². The Hall–Kier alpha value is -2.18. The Morgan fingerprint density at radius 2 is 1.76 bits per heavy atom. The van der Waals surface area contributed by atoms with E-state index in [4.69, 9.17) is 0 Å². The number of hydrogen-bond acceptors (Lipinski definition) is 4. The number of nitrogens with one attached hydrogen (secondary N) is 1. The summed E-state index contributed by atoms with van der Waals surface area (Å²) in [6, 6.07) is 13.2. The third-order valence-corrected chi connectivity index (χ3v) is 6.15. The topological polar surface area (TPSA) is 52.7 Å². The summed E-state index contributed by atoms with van der Waals surface area (Å²) < 4.78 is 0. The molecule has 1 saturated heterocycles. The van der Waals surface area contributed by atoms with Crippen LogP contribution in [0.2, 0.25) is 0 Å². The molecule has 1 atom stereocenters. The molecule has 2 aromatic rings. The summed E-state index contributed by atoms with van der Waals surface area (Å²) in [5, 5.41) is 5.09. The van der Waals surface area contributed by atoms with Gasteiger partial charge >= 0.3 is 0 Å². The average Bonchev–Trinajstić information content (AvgIpc) is 3.24. The molecule has 0 spiro atoms. The maximum Gasteiger partial charge on any atom is 0.249 e. The van der Waals surface area contributed by atoms with Crippen LogP contribution in [-0.4, -0.2) is 54.3 Å². The van der Waals surface area contributed by atoms with Gasteiger partial charge in [-0.2, -0.15) is 0 Å². The Morgan fingerprint density at radius 1 is 1.03 bits per heavy atom. The van der Waals surface area contributed by atoms with Crippen LogP contribution < -0.4 is 5.32 Å². The summed E-state index contributed by atoms with van der Waals surface area (Å²) in [4.78, 5) is 31.4. The number of rotatable bonds is 8. The number of thiophene rings is 1. The van der Waals surface area contributed by atoms with Crippen LogP contribution in [0.5, 0.6) is 0 Å². The molecule has 3 rings (SSSR count). The number of piperazine rings is 1. The second-order valence-corrected chi connectivity index (χ2v) is 9.04. The van der Waals surface area contributed by atoms with E-state index < -0.39 is 6.04 Å². The number of carbonyl (C=O) groups is 2. The van der Waals surface area contributed by atoms with Gasteiger partial charge in [0.15, 0.2) is 0 Å². The van der Waals surface area contributed by atoms with Crippen molar-refractivity contribution in [3.63, 3.8) is 0 Å². The number of hydrogen-bond donors (Lipinski definition) is 1. The van der Waals surface area contributed by atoms with Gasteiger partial charge in [0.25, 0.3) is 0 Å². The molecule has 1 aliphatic heterocycles. The molecule has 0 aliphatic carbocycles. The predicted molar refractivity (Wildman–Crippen MR) is 118 cm³/mol. The zero-order chi connectivity index (χ0) is 20.6. The Kier molecular flexibility index (Phi) is 7.83. The zero-order valence-electron chi connectivity index (χ0n) is 17.3. The third-order valence-electron chi connectivity index (χ3n) is 5.22. The highest BCUT2D eigenvalue weighted by molar-refractivity contribution is 7.09. The van der Waals surface area contributed by atoms with E-state index in [1.54, 1.807) is 11.3 Å². The zero-order valence-corrected chi connectivity index (χ0v) is 18.2. The normalized spacial score (nSPS) is 16.0. The molecule has 0 saturated carbocycles. The van der Waals surface area contributed by atoms with Crippen LogP contribution in [0.15, 0.2) is 47.8 Å². The van der Waals surface area contributed by atoms with Crippen LogP contribution in [0.4, 0.5) is 0 Å². The molecule has 1 aliphatic rings. The van der Waals surface area contributed by atoms with Gasteiger partial charge in [-0.1, -0.05) is 50.2 Å². The van der Waals surface area contributed by atoms with E-state index in [2.05, 4.69) is 27.7 Å². The highest BCUT2D eigenvalue weighted by atomic mass is 32.1. The minimum absolute atomic E-state index is 0.00814. The smallest absolute Gasteiger partial charge is 0.249 e. The summed E-state index contributed by atoms with van der Waals surface area (Å²) in [7, 11) is 0. The minimum atomic E-state index is -0.611. The molecule has 2 amide bonds. The molecular formula is C23H31N3O2S. The Labute approximate surface area is 177 Å². The number of amides is 2. The lowest BCUT2D eigenvalue weighted by Gasteiger charge is -2.36. The quantitative estimate of drug-likeness (QED) is 0.722. The van der Waals surface area contributed by atoms with Crippen molar-refractivity contribution in [2.24, 2.45) is 5.92 Å². The monoisotopic (exact) mass is 413 g/mol. The number of nitrogens with zero attached hydrogens (tertiary/aromatic N) is 2. The fraction of sp³-hybridized carbons (Fsp3) is 0.478. The first-order valence-corrected chi connectivity index (χ1v) is 11.3. The van der Waals surface area contributed by atoms with Gasteiger partial charge in [-0.15, -0.1) is 11.3 Å². The maximum absolute atomic E-state index is 13.3. The van der Waals surface area contributed by atoms with Crippen molar-refractivity contribution in [3.8, 4) is 0 Å². The first-order valence-electron chi connectivity index (χ1n) is 10.4. The Morgan fingerprint density at radius 3 is 2.38 bits per heavy atom. The fourth-order valence-corrected chi connectivity index (χ4v) is 4.32. The van der Waals surface area contributed by atoms with Gasteiger partial charge in [0.1, 0.15) is 6.04 Å². The van der Waals surface area contributed by atoms with Gasteiger partial charge in [0, 0.05) is 44.0 Å². The van der Waals surface area contributed by atoms with E-state index >= 15 is 0 Å². The van der Waals surface area contributed by atoms with Crippen molar-refractivity contribution in [2.45, 2.75) is 32.7 Å². The van der Waals surface area contributed by atoms with Crippen LogP contribution in [0.25, 0.3) is 0 Å². The first kappa shape index (κ1) is 21.5. The van der Waals surface area contributed by atoms with Crippen LogP contribution in [-0.2, 0) is 16.0 Å². The van der Waals surface area contributed by atoms with Crippen molar-refractivity contribution in [2.75, 3.05) is 32.7 Å². The molecule has 6 heteroatoms. The molecule has 1 aromatic carbocycles. The first-order chi connectivity index (χ1) is 14.0. The lowest BCUT2D eigenvalue weighted by molar-refractivity contribution is -0.138.